The van der Waals surface area contributed by atoms with Crippen LogP contribution in [0.2, 0.25) is 0 Å². The molecule has 122 valence electrons. The Kier molecular flexibility index (Phi) is 3.55. The van der Waals surface area contributed by atoms with Crippen molar-refractivity contribution in [2.24, 2.45) is 17.3 Å². The van der Waals surface area contributed by atoms with Gasteiger partial charge in [0.05, 0.1) is 0 Å². The van der Waals surface area contributed by atoms with Crippen LogP contribution < -0.4 is 0 Å². The monoisotopic (exact) mass is 306 g/mol. The first-order valence-corrected chi connectivity index (χ1v) is 9.55. The number of hydrogen-bond acceptors (Lipinski definition) is 0. The minimum atomic E-state index is 0.438. The van der Waals surface area contributed by atoms with Gasteiger partial charge >= 0.3 is 0 Å². The Morgan fingerprint density at radius 2 is 2.04 bits per heavy atom. The lowest BCUT2D eigenvalue weighted by Crippen LogP contribution is -2.40. The summed E-state index contributed by atoms with van der Waals surface area (Å²) in [5.74, 6) is 2.57. The van der Waals surface area contributed by atoms with E-state index in [-0.39, 0.29) is 0 Å². The Bertz CT molecular complexity index is 665. The highest BCUT2D eigenvalue weighted by Gasteiger charge is 2.51. The molecule has 0 radical (unpaired) electrons. The zero-order valence-corrected chi connectivity index (χ0v) is 14.8. The van der Waals surface area contributed by atoms with E-state index in [9.17, 15) is 0 Å². The maximum Gasteiger partial charge on any atom is -0.00876 e. The molecule has 0 aromatic heterocycles. The smallest absolute Gasteiger partial charge is 0.00876 e. The van der Waals surface area contributed by atoms with Crippen molar-refractivity contribution < 1.29 is 0 Å². The van der Waals surface area contributed by atoms with Crippen LogP contribution in [0.15, 0.2) is 30.9 Å². The predicted octanol–water partition coefficient (Wildman–Crippen LogP) is 6.30. The van der Waals surface area contributed by atoms with Crippen molar-refractivity contribution in [3.8, 4) is 0 Å². The second-order valence-corrected chi connectivity index (χ2v) is 8.32. The molecule has 0 bridgehead atoms. The van der Waals surface area contributed by atoms with Gasteiger partial charge in [0, 0.05) is 0 Å². The van der Waals surface area contributed by atoms with Gasteiger partial charge in [-0.05, 0) is 90.4 Å². The lowest BCUT2D eigenvalue weighted by molar-refractivity contribution is 0.0816. The van der Waals surface area contributed by atoms with Crippen molar-refractivity contribution in [3.63, 3.8) is 0 Å². The summed E-state index contributed by atoms with van der Waals surface area (Å²) in [4.78, 5) is 0. The van der Waals surface area contributed by atoms with Crippen LogP contribution in [0.1, 0.15) is 74.1 Å². The van der Waals surface area contributed by atoms with E-state index in [1.807, 2.05) is 6.08 Å². The Hall–Kier alpha value is -1.30. The zero-order valence-electron chi connectivity index (χ0n) is 14.8. The highest BCUT2D eigenvalue weighted by atomic mass is 14.6. The van der Waals surface area contributed by atoms with Gasteiger partial charge in [-0.25, -0.2) is 0 Å². The number of hydrogen-bond donors (Lipinski definition) is 0. The summed E-state index contributed by atoms with van der Waals surface area (Å²) in [7, 11) is 0. The topological polar surface area (TPSA) is 0 Å². The molecule has 0 spiro atoms. The highest BCUT2D eigenvalue weighted by molar-refractivity contribution is 5.56. The minimum absolute atomic E-state index is 0.438. The normalized spacial score (nSPS) is 35.4. The SMILES string of the molecule is C=Cc1cc2c(cc1CC)C1CC[C@]3(C)C(=C)CCC3C1CC2. The maximum absolute atomic E-state index is 4.43. The molecule has 0 amide bonds. The Morgan fingerprint density at radius 1 is 1.22 bits per heavy atom. The average molecular weight is 306 g/mol. The van der Waals surface area contributed by atoms with Crippen LogP contribution in [0.3, 0.4) is 0 Å². The van der Waals surface area contributed by atoms with Crippen LogP contribution in [0.4, 0.5) is 0 Å². The molecule has 2 saturated carbocycles. The molecule has 0 N–H and O–H groups in total. The summed E-state index contributed by atoms with van der Waals surface area (Å²) in [5, 5.41) is 0. The first-order valence-electron chi connectivity index (χ1n) is 9.55. The van der Waals surface area contributed by atoms with Gasteiger partial charge in [-0.3, -0.25) is 0 Å². The van der Waals surface area contributed by atoms with Gasteiger partial charge < -0.3 is 0 Å². The summed E-state index contributed by atoms with van der Waals surface area (Å²) in [6.07, 6.45) is 11.2. The molecule has 0 heteroatoms. The second-order valence-electron chi connectivity index (χ2n) is 8.32. The van der Waals surface area contributed by atoms with Gasteiger partial charge in [0.1, 0.15) is 0 Å². The molecule has 0 aliphatic heterocycles. The van der Waals surface area contributed by atoms with Crippen molar-refractivity contribution in [1.29, 1.82) is 0 Å². The van der Waals surface area contributed by atoms with Crippen molar-refractivity contribution in [2.45, 2.75) is 64.7 Å². The summed E-state index contributed by atoms with van der Waals surface area (Å²) >= 11 is 0. The molecule has 23 heavy (non-hydrogen) atoms. The van der Waals surface area contributed by atoms with Gasteiger partial charge in [-0.15, -0.1) is 0 Å². The van der Waals surface area contributed by atoms with Crippen molar-refractivity contribution in [1.82, 2.24) is 0 Å². The van der Waals surface area contributed by atoms with E-state index in [4.69, 9.17) is 0 Å². The number of fused-ring (bicyclic) bond motifs is 5. The van der Waals surface area contributed by atoms with Crippen LogP contribution in [0.25, 0.3) is 6.08 Å². The largest absolute Gasteiger partial charge is 0.0993 e. The summed E-state index contributed by atoms with van der Waals surface area (Å²) in [6, 6.07) is 4.98. The third kappa shape index (κ3) is 2.10. The van der Waals surface area contributed by atoms with Crippen molar-refractivity contribution >= 4 is 6.08 Å². The van der Waals surface area contributed by atoms with Gasteiger partial charge in [0.15, 0.2) is 0 Å². The minimum Gasteiger partial charge on any atom is -0.0993 e. The first-order chi connectivity index (χ1) is 11.1. The van der Waals surface area contributed by atoms with Crippen molar-refractivity contribution in [3.05, 3.63) is 53.1 Å². The number of rotatable bonds is 2. The van der Waals surface area contributed by atoms with Gasteiger partial charge in [0.25, 0.3) is 0 Å². The molecular weight excluding hydrogens is 276 g/mol. The average Bonchev–Trinajstić information content (AvgIpc) is 2.88. The molecule has 1 aromatic carbocycles. The van der Waals surface area contributed by atoms with Crippen LogP contribution in [-0.4, -0.2) is 0 Å². The molecule has 3 aliphatic rings. The molecule has 0 nitrogen and oxygen atoms in total. The number of benzene rings is 1. The van der Waals surface area contributed by atoms with Crippen molar-refractivity contribution in [2.75, 3.05) is 0 Å². The Morgan fingerprint density at radius 3 is 2.78 bits per heavy atom. The lowest BCUT2D eigenvalue weighted by Gasteiger charge is -2.49. The van der Waals surface area contributed by atoms with Gasteiger partial charge in [-0.2, -0.15) is 0 Å². The Labute approximate surface area is 141 Å². The highest BCUT2D eigenvalue weighted by Crippen LogP contribution is 2.62. The van der Waals surface area contributed by atoms with E-state index >= 15 is 0 Å². The molecule has 4 atom stereocenters. The number of aryl methyl sites for hydroxylation is 2. The van der Waals surface area contributed by atoms with Crippen LogP contribution in [-0.2, 0) is 12.8 Å². The molecule has 1 aromatic rings. The maximum atomic E-state index is 4.43. The number of allylic oxidation sites excluding steroid dienone is 1. The third-order valence-corrected chi connectivity index (χ3v) is 7.54. The van der Waals surface area contributed by atoms with Crippen LogP contribution in [0.5, 0.6) is 0 Å². The third-order valence-electron chi connectivity index (χ3n) is 7.54. The fourth-order valence-corrected chi connectivity index (χ4v) is 6.09. The molecule has 3 unspecified atom stereocenters. The first kappa shape index (κ1) is 15.2. The summed E-state index contributed by atoms with van der Waals surface area (Å²) in [5.41, 5.74) is 8.13. The van der Waals surface area contributed by atoms with Gasteiger partial charge in [0.2, 0.25) is 0 Å². The van der Waals surface area contributed by atoms with E-state index in [1.54, 1.807) is 16.7 Å². The summed E-state index contributed by atoms with van der Waals surface area (Å²) in [6.45, 7) is 13.2. The fourth-order valence-electron chi connectivity index (χ4n) is 6.09. The van der Waals surface area contributed by atoms with Crippen LogP contribution >= 0.6 is 0 Å². The molecule has 2 fully saturated rings. The van der Waals surface area contributed by atoms with E-state index in [2.05, 4.69) is 39.1 Å². The van der Waals surface area contributed by atoms with E-state index in [0.29, 0.717) is 5.41 Å². The molecule has 4 rings (SSSR count). The van der Waals surface area contributed by atoms with E-state index < -0.39 is 0 Å². The standard InChI is InChI=1S/C23H30/c1-5-16-13-18-8-9-20-19(21(18)14-17(16)6-2)11-12-23(4)15(3)7-10-22(20)23/h5,13-14,19-20,22H,1,3,6-12H2,2,4H3/t19?,20?,22?,23-/m1/s1. The molecule has 0 heterocycles. The lowest BCUT2D eigenvalue weighted by atomic mass is 9.55. The predicted molar refractivity (Wildman–Crippen MR) is 99.7 cm³/mol. The molecule has 0 saturated heterocycles. The summed E-state index contributed by atoms with van der Waals surface area (Å²) < 4.78 is 0. The second kappa shape index (κ2) is 5.36. The Balaban J connectivity index is 1.75. The molecular formula is C23H30. The van der Waals surface area contributed by atoms with E-state index in [1.165, 1.54) is 49.7 Å². The zero-order chi connectivity index (χ0) is 16.2. The van der Waals surface area contributed by atoms with Crippen LogP contribution in [0, 0.1) is 17.3 Å². The quantitative estimate of drug-likeness (QED) is 0.562. The van der Waals surface area contributed by atoms with E-state index in [0.717, 1.165) is 24.2 Å². The van der Waals surface area contributed by atoms with Gasteiger partial charge in [-0.1, -0.05) is 50.8 Å². The fraction of sp³-hybridized carbons (Fsp3) is 0.565. The molecule has 3 aliphatic carbocycles.